The Labute approximate surface area is 191 Å². The summed E-state index contributed by atoms with van der Waals surface area (Å²) in [6.45, 7) is 0.752. The largest absolute Gasteiger partial charge is 0.342 e. The van der Waals surface area contributed by atoms with Gasteiger partial charge in [-0.25, -0.2) is 4.98 Å². The minimum Gasteiger partial charge on any atom is -0.342 e. The van der Waals surface area contributed by atoms with Gasteiger partial charge in [0.2, 0.25) is 0 Å². The molecular formula is C29H20N4. The van der Waals surface area contributed by atoms with Gasteiger partial charge in [-0.3, -0.25) is 0 Å². The second-order valence-corrected chi connectivity index (χ2v) is 8.14. The molecule has 0 atom stereocenters. The summed E-state index contributed by atoms with van der Waals surface area (Å²) in [6, 6.07) is 33.4. The van der Waals surface area contributed by atoms with Gasteiger partial charge < -0.3 is 9.55 Å². The zero-order valence-corrected chi connectivity index (χ0v) is 17.9. The van der Waals surface area contributed by atoms with Crippen molar-refractivity contribution in [2.75, 3.05) is 0 Å². The van der Waals surface area contributed by atoms with Crippen LogP contribution in [0, 0.1) is 11.3 Å². The Morgan fingerprint density at radius 3 is 2.52 bits per heavy atom. The van der Waals surface area contributed by atoms with Gasteiger partial charge in [-0.15, -0.1) is 0 Å². The molecule has 0 saturated heterocycles. The van der Waals surface area contributed by atoms with Crippen LogP contribution in [0.3, 0.4) is 0 Å². The molecule has 0 radical (unpaired) electrons. The lowest BCUT2D eigenvalue weighted by atomic mass is 10.0. The lowest BCUT2D eigenvalue weighted by molar-refractivity contribution is 0.842. The molecule has 0 bridgehead atoms. The fraction of sp³-hybridized carbons (Fsp3) is 0.0345. The highest BCUT2D eigenvalue weighted by Crippen LogP contribution is 2.28. The Morgan fingerprint density at radius 1 is 0.879 bits per heavy atom. The molecule has 4 nitrogen and oxygen atoms in total. The Morgan fingerprint density at radius 2 is 1.64 bits per heavy atom. The third-order valence-electron chi connectivity index (χ3n) is 6.10. The van der Waals surface area contributed by atoms with E-state index < -0.39 is 0 Å². The number of para-hydroxylation sites is 3. The van der Waals surface area contributed by atoms with E-state index in [2.05, 4.69) is 87.5 Å². The lowest BCUT2D eigenvalue weighted by Gasteiger charge is -2.09. The first-order chi connectivity index (χ1) is 16.3. The van der Waals surface area contributed by atoms with Gasteiger partial charge in [0, 0.05) is 29.2 Å². The summed E-state index contributed by atoms with van der Waals surface area (Å²) in [7, 11) is 0. The van der Waals surface area contributed by atoms with Crippen molar-refractivity contribution in [3.63, 3.8) is 0 Å². The van der Waals surface area contributed by atoms with Crippen LogP contribution in [0.1, 0.15) is 17.0 Å². The Kier molecular flexibility index (Phi) is 4.52. The maximum atomic E-state index is 9.91. The number of aromatic amines is 1. The summed E-state index contributed by atoms with van der Waals surface area (Å²) < 4.78 is 2.26. The molecule has 6 aromatic rings. The third-order valence-corrected chi connectivity index (χ3v) is 6.10. The first kappa shape index (κ1) is 19.1. The maximum Gasteiger partial charge on any atom is 0.149 e. The molecule has 4 aromatic carbocycles. The molecule has 0 fully saturated rings. The molecule has 1 N–H and O–H groups in total. The number of benzene rings is 4. The van der Waals surface area contributed by atoms with Crippen LogP contribution in [0.4, 0.5) is 0 Å². The highest BCUT2D eigenvalue weighted by atomic mass is 15.0. The number of nitrogens with zero attached hydrogens (tertiary/aromatic N) is 3. The van der Waals surface area contributed by atoms with Gasteiger partial charge in [0.05, 0.1) is 16.6 Å². The highest BCUT2D eigenvalue weighted by molar-refractivity contribution is 5.98. The molecule has 0 aliphatic rings. The smallest absolute Gasteiger partial charge is 0.149 e. The quantitative estimate of drug-likeness (QED) is 0.317. The first-order valence-corrected chi connectivity index (χ1v) is 10.9. The molecule has 0 aliphatic heterocycles. The number of H-pyrrole nitrogens is 1. The average Bonchev–Trinajstić information content (AvgIpc) is 3.44. The van der Waals surface area contributed by atoms with Gasteiger partial charge in [-0.2, -0.15) is 5.26 Å². The van der Waals surface area contributed by atoms with E-state index in [1.807, 2.05) is 36.4 Å². The fourth-order valence-corrected chi connectivity index (χ4v) is 4.52. The number of nitriles is 1. The zero-order chi connectivity index (χ0) is 22.2. The van der Waals surface area contributed by atoms with Crippen LogP contribution < -0.4 is 0 Å². The minimum atomic E-state index is 0.513. The van der Waals surface area contributed by atoms with Crippen LogP contribution in [0.5, 0.6) is 0 Å². The van der Waals surface area contributed by atoms with Crippen molar-refractivity contribution in [2.45, 2.75) is 6.54 Å². The van der Waals surface area contributed by atoms with Crippen molar-refractivity contribution >= 4 is 44.4 Å². The average molecular weight is 425 g/mol. The van der Waals surface area contributed by atoms with Crippen molar-refractivity contribution in [3.05, 3.63) is 114 Å². The molecule has 33 heavy (non-hydrogen) atoms. The number of rotatable bonds is 4. The molecular weight excluding hydrogens is 404 g/mol. The van der Waals surface area contributed by atoms with Crippen LogP contribution in [0.15, 0.2) is 97.2 Å². The van der Waals surface area contributed by atoms with Gasteiger partial charge in [-0.05, 0) is 40.6 Å². The molecule has 0 spiro atoms. The Bertz CT molecular complexity index is 1670. The SMILES string of the molecule is N#CC(=Cc1cn(Cc2cccc3ccccc23)c2ccccc12)c1nc2ccccc2[nH]1. The molecule has 0 saturated carbocycles. The number of allylic oxidation sites excluding steroid dienone is 1. The molecule has 0 amide bonds. The minimum absolute atomic E-state index is 0.513. The summed E-state index contributed by atoms with van der Waals surface area (Å²) >= 11 is 0. The molecule has 2 aromatic heterocycles. The van der Waals surface area contributed by atoms with Gasteiger partial charge in [-0.1, -0.05) is 72.8 Å². The topological polar surface area (TPSA) is 57.4 Å². The predicted molar refractivity (Wildman–Crippen MR) is 135 cm³/mol. The number of nitrogens with one attached hydrogen (secondary N) is 1. The lowest BCUT2D eigenvalue weighted by Crippen LogP contribution is -1.98. The fourth-order valence-electron chi connectivity index (χ4n) is 4.52. The Hall–Kier alpha value is -4.62. The van der Waals surface area contributed by atoms with E-state index in [-0.39, 0.29) is 0 Å². The third kappa shape index (κ3) is 3.37. The second-order valence-electron chi connectivity index (χ2n) is 8.14. The van der Waals surface area contributed by atoms with Crippen LogP contribution in [-0.2, 0) is 6.54 Å². The van der Waals surface area contributed by atoms with Gasteiger partial charge in [0.25, 0.3) is 0 Å². The monoisotopic (exact) mass is 424 g/mol. The van der Waals surface area contributed by atoms with E-state index in [4.69, 9.17) is 0 Å². The summed E-state index contributed by atoms with van der Waals surface area (Å²) in [5.41, 5.74) is 5.70. The molecule has 156 valence electrons. The highest BCUT2D eigenvalue weighted by Gasteiger charge is 2.12. The van der Waals surface area contributed by atoms with Crippen molar-refractivity contribution in [3.8, 4) is 6.07 Å². The van der Waals surface area contributed by atoms with Crippen molar-refractivity contribution in [1.82, 2.24) is 14.5 Å². The van der Waals surface area contributed by atoms with E-state index in [1.165, 1.54) is 16.3 Å². The van der Waals surface area contributed by atoms with Crippen molar-refractivity contribution in [2.24, 2.45) is 0 Å². The zero-order valence-electron chi connectivity index (χ0n) is 17.9. The van der Waals surface area contributed by atoms with Crippen molar-refractivity contribution < 1.29 is 0 Å². The van der Waals surface area contributed by atoms with E-state index in [0.29, 0.717) is 11.4 Å². The summed E-state index contributed by atoms with van der Waals surface area (Å²) in [5.74, 6) is 0.588. The van der Waals surface area contributed by atoms with Crippen molar-refractivity contribution in [1.29, 1.82) is 5.26 Å². The molecule has 0 unspecified atom stereocenters. The van der Waals surface area contributed by atoms with Crippen LogP contribution in [0.2, 0.25) is 0 Å². The van der Waals surface area contributed by atoms with E-state index in [1.54, 1.807) is 0 Å². The molecule has 0 aliphatic carbocycles. The normalized spacial score (nSPS) is 11.9. The van der Waals surface area contributed by atoms with Gasteiger partial charge in [0.1, 0.15) is 11.9 Å². The summed E-state index contributed by atoms with van der Waals surface area (Å²) in [4.78, 5) is 7.89. The molecule has 4 heteroatoms. The molecule has 6 rings (SSSR count). The number of imidazole rings is 1. The van der Waals surface area contributed by atoms with E-state index in [0.717, 1.165) is 34.0 Å². The Balaban J connectivity index is 1.47. The number of hydrogen-bond donors (Lipinski definition) is 1. The predicted octanol–water partition coefficient (Wildman–Crippen LogP) is 6.78. The second kappa shape index (κ2) is 7.81. The van der Waals surface area contributed by atoms with Gasteiger partial charge >= 0.3 is 0 Å². The standard InChI is InChI=1S/C29H20N4/c30-17-22(29-31-26-13-4-5-14-27(26)32-29)16-23-19-33(28-15-6-3-12-25(23)28)18-21-10-7-9-20-8-1-2-11-24(20)21/h1-16,19H,18H2,(H,31,32). The van der Waals surface area contributed by atoms with Crippen LogP contribution in [-0.4, -0.2) is 14.5 Å². The number of hydrogen-bond acceptors (Lipinski definition) is 2. The molecule has 2 heterocycles. The van der Waals surface area contributed by atoms with Gasteiger partial charge in [0.15, 0.2) is 0 Å². The first-order valence-electron chi connectivity index (χ1n) is 10.9. The van der Waals surface area contributed by atoms with E-state index >= 15 is 0 Å². The van der Waals surface area contributed by atoms with Crippen LogP contribution >= 0.6 is 0 Å². The maximum absolute atomic E-state index is 9.91. The summed E-state index contributed by atoms with van der Waals surface area (Å²) in [5, 5.41) is 13.5. The number of aromatic nitrogens is 3. The van der Waals surface area contributed by atoms with E-state index in [9.17, 15) is 5.26 Å². The number of fused-ring (bicyclic) bond motifs is 3. The van der Waals surface area contributed by atoms with Crippen LogP contribution in [0.25, 0.3) is 44.4 Å². The summed E-state index contributed by atoms with van der Waals surface area (Å²) in [6.07, 6.45) is 4.06.